The van der Waals surface area contributed by atoms with Gasteiger partial charge in [-0.2, -0.15) is 0 Å². The van der Waals surface area contributed by atoms with E-state index in [1.165, 1.54) is 12.1 Å². The number of hydrogen-bond acceptors (Lipinski definition) is 3. The SMILES string of the molecule is NS(=O)(=O)c1ccc(C(=O)NCc2c(F)ccc(F)c2F)cc1. The summed E-state index contributed by atoms with van der Waals surface area (Å²) in [5, 5.41) is 7.13. The quantitative estimate of drug-likeness (QED) is 0.827. The van der Waals surface area contributed by atoms with Crippen molar-refractivity contribution in [2.75, 3.05) is 0 Å². The van der Waals surface area contributed by atoms with Crippen molar-refractivity contribution in [3.8, 4) is 0 Å². The Morgan fingerprint density at radius 3 is 2.13 bits per heavy atom. The summed E-state index contributed by atoms with van der Waals surface area (Å²) in [6.07, 6.45) is 0. The lowest BCUT2D eigenvalue weighted by atomic mass is 10.1. The number of carbonyl (C=O) groups is 1. The first-order valence-corrected chi connectivity index (χ1v) is 7.78. The molecule has 0 aliphatic rings. The molecule has 0 saturated heterocycles. The second-order valence-corrected chi connectivity index (χ2v) is 6.14. The Balaban J connectivity index is 2.13. The normalized spacial score (nSPS) is 11.3. The van der Waals surface area contributed by atoms with Crippen molar-refractivity contribution in [1.29, 1.82) is 0 Å². The van der Waals surface area contributed by atoms with Crippen LogP contribution >= 0.6 is 0 Å². The van der Waals surface area contributed by atoms with Crippen molar-refractivity contribution >= 4 is 15.9 Å². The van der Waals surface area contributed by atoms with E-state index in [4.69, 9.17) is 5.14 Å². The van der Waals surface area contributed by atoms with E-state index in [9.17, 15) is 26.4 Å². The van der Waals surface area contributed by atoms with Crippen LogP contribution in [0.1, 0.15) is 15.9 Å². The number of primary sulfonamides is 1. The van der Waals surface area contributed by atoms with Crippen LogP contribution in [0.3, 0.4) is 0 Å². The molecule has 0 unspecified atom stereocenters. The molecule has 0 aliphatic carbocycles. The number of nitrogens with one attached hydrogen (secondary N) is 1. The van der Waals surface area contributed by atoms with Gasteiger partial charge < -0.3 is 5.32 Å². The molecule has 0 aromatic heterocycles. The van der Waals surface area contributed by atoms with Crippen LogP contribution < -0.4 is 10.5 Å². The van der Waals surface area contributed by atoms with E-state index in [1.807, 2.05) is 0 Å². The lowest BCUT2D eigenvalue weighted by Gasteiger charge is -2.08. The average Bonchev–Trinajstić information content (AvgIpc) is 2.50. The highest BCUT2D eigenvalue weighted by Crippen LogP contribution is 2.16. The lowest BCUT2D eigenvalue weighted by Crippen LogP contribution is -2.24. The largest absolute Gasteiger partial charge is 0.348 e. The molecular formula is C14H11F3N2O3S. The zero-order valence-corrected chi connectivity index (χ0v) is 12.3. The summed E-state index contributed by atoms with van der Waals surface area (Å²) in [5.74, 6) is -4.31. The molecule has 9 heteroatoms. The third kappa shape index (κ3) is 3.88. The Kier molecular flexibility index (Phi) is 4.71. The number of nitrogens with two attached hydrogens (primary N) is 1. The minimum absolute atomic E-state index is 0.0506. The van der Waals surface area contributed by atoms with Gasteiger partial charge in [-0.15, -0.1) is 0 Å². The van der Waals surface area contributed by atoms with Gasteiger partial charge in [-0.1, -0.05) is 0 Å². The van der Waals surface area contributed by atoms with E-state index < -0.39 is 45.5 Å². The van der Waals surface area contributed by atoms with E-state index in [2.05, 4.69) is 5.32 Å². The van der Waals surface area contributed by atoms with Crippen LogP contribution in [0.15, 0.2) is 41.3 Å². The van der Waals surface area contributed by atoms with Crippen LogP contribution in [0, 0.1) is 17.5 Å². The number of rotatable bonds is 4. The van der Waals surface area contributed by atoms with E-state index in [1.54, 1.807) is 0 Å². The smallest absolute Gasteiger partial charge is 0.251 e. The fourth-order valence-corrected chi connectivity index (χ4v) is 2.31. The highest BCUT2D eigenvalue weighted by atomic mass is 32.2. The molecule has 0 saturated carbocycles. The maximum Gasteiger partial charge on any atom is 0.251 e. The summed E-state index contributed by atoms with van der Waals surface area (Å²) >= 11 is 0. The van der Waals surface area contributed by atoms with Crippen molar-refractivity contribution < 1.29 is 26.4 Å². The Morgan fingerprint density at radius 1 is 1.00 bits per heavy atom. The standard InChI is InChI=1S/C14H11F3N2O3S/c15-11-5-6-12(16)13(17)10(11)7-19-14(20)8-1-3-9(4-2-8)23(18,21)22/h1-6H,7H2,(H,19,20)(H2,18,21,22). The third-order valence-corrected chi connectivity index (χ3v) is 3.94. The van der Waals surface area contributed by atoms with Gasteiger partial charge in [-0.3, -0.25) is 4.79 Å². The highest BCUT2D eigenvalue weighted by molar-refractivity contribution is 7.89. The second-order valence-electron chi connectivity index (χ2n) is 4.57. The Labute approximate surface area is 130 Å². The molecular weight excluding hydrogens is 333 g/mol. The van der Waals surface area contributed by atoms with Crippen molar-refractivity contribution in [2.45, 2.75) is 11.4 Å². The third-order valence-electron chi connectivity index (χ3n) is 3.01. The summed E-state index contributed by atoms with van der Waals surface area (Å²) in [4.78, 5) is 11.7. The molecule has 2 aromatic carbocycles. The second kappa shape index (κ2) is 6.39. The average molecular weight is 344 g/mol. The number of carbonyl (C=O) groups excluding carboxylic acids is 1. The Bertz CT molecular complexity index is 852. The first kappa shape index (κ1) is 17.0. The first-order chi connectivity index (χ1) is 10.7. The fourth-order valence-electron chi connectivity index (χ4n) is 1.80. The molecule has 3 N–H and O–H groups in total. The summed E-state index contributed by atoms with van der Waals surface area (Å²) < 4.78 is 62.1. The van der Waals surface area contributed by atoms with Crippen LogP contribution in [0.5, 0.6) is 0 Å². The van der Waals surface area contributed by atoms with E-state index in [0.29, 0.717) is 6.07 Å². The zero-order valence-electron chi connectivity index (χ0n) is 11.5. The molecule has 0 spiro atoms. The lowest BCUT2D eigenvalue weighted by molar-refractivity contribution is 0.0950. The summed E-state index contributed by atoms with van der Waals surface area (Å²) in [5.41, 5.74) is -0.561. The summed E-state index contributed by atoms with van der Waals surface area (Å²) in [7, 11) is -3.89. The minimum Gasteiger partial charge on any atom is -0.348 e. The number of sulfonamides is 1. The molecule has 2 rings (SSSR count). The molecule has 0 bridgehead atoms. The van der Waals surface area contributed by atoms with Gasteiger partial charge in [-0.05, 0) is 36.4 Å². The van der Waals surface area contributed by atoms with Crippen LogP contribution in [0.25, 0.3) is 0 Å². The molecule has 0 fully saturated rings. The Hall–Kier alpha value is -2.39. The van der Waals surface area contributed by atoms with E-state index >= 15 is 0 Å². The predicted octanol–water partition coefficient (Wildman–Crippen LogP) is 1.68. The molecule has 1 amide bonds. The van der Waals surface area contributed by atoms with E-state index in [-0.39, 0.29) is 10.5 Å². The van der Waals surface area contributed by atoms with Gasteiger partial charge in [0.05, 0.1) is 4.90 Å². The molecule has 0 aliphatic heterocycles. The summed E-state index contributed by atoms with van der Waals surface area (Å²) in [6.45, 7) is -0.564. The maximum absolute atomic E-state index is 13.5. The maximum atomic E-state index is 13.5. The first-order valence-electron chi connectivity index (χ1n) is 6.23. The van der Waals surface area contributed by atoms with Gasteiger partial charge in [0.2, 0.25) is 10.0 Å². The van der Waals surface area contributed by atoms with Crippen molar-refractivity contribution in [1.82, 2.24) is 5.32 Å². The van der Waals surface area contributed by atoms with Crippen molar-refractivity contribution in [3.63, 3.8) is 0 Å². The van der Waals surface area contributed by atoms with Crippen LogP contribution in [0.2, 0.25) is 0 Å². The topological polar surface area (TPSA) is 89.3 Å². The Morgan fingerprint density at radius 2 is 1.57 bits per heavy atom. The van der Waals surface area contributed by atoms with Gasteiger partial charge in [-0.25, -0.2) is 26.7 Å². The van der Waals surface area contributed by atoms with E-state index in [0.717, 1.165) is 18.2 Å². The number of halogens is 3. The van der Waals surface area contributed by atoms with Crippen LogP contribution in [0.4, 0.5) is 13.2 Å². The minimum atomic E-state index is -3.89. The number of hydrogen-bond donors (Lipinski definition) is 2. The molecule has 23 heavy (non-hydrogen) atoms. The molecule has 5 nitrogen and oxygen atoms in total. The number of benzene rings is 2. The van der Waals surface area contributed by atoms with Gasteiger partial charge in [0.25, 0.3) is 5.91 Å². The highest BCUT2D eigenvalue weighted by Gasteiger charge is 2.15. The van der Waals surface area contributed by atoms with Crippen molar-refractivity contribution in [3.05, 3.63) is 65.0 Å². The van der Waals surface area contributed by atoms with Gasteiger partial charge in [0.15, 0.2) is 11.6 Å². The predicted molar refractivity (Wildman–Crippen MR) is 75.3 cm³/mol. The zero-order chi connectivity index (χ0) is 17.2. The molecule has 122 valence electrons. The molecule has 0 radical (unpaired) electrons. The van der Waals surface area contributed by atoms with Crippen LogP contribution in [-0.4, -0.2) is 14.3 Å². The monoisotopic (exact) mass is 344 g/mol. The molecule has 0 atom stereocenters. The van der Waals surface area contributed by atoms with Crippen molar-refractivity contribution in [2.24, 2.45) is 5.14 Å². The number of amides is 1. The fraction of sp³-hybridized carbons (Fsp3) is 0.0714. The molecule has 0 heterocycles. The van der Waals surface area contributed by atoms with Gasteiger partial charge in [0.1, 0.15) is 5.82 Å². The summed E-state index contributed by atoms with van der Waals surface area (Å²) in [6, 6.07) is 6.00. The van der Waals surface area contributed by atoms with Gasteiger partial charge >= 0.3 is 0 Å². The van der Waals surface area contributed by atoms with Gasteiger partial charge in [0, 0.05) is 17.7 Å². The molecule has 2 aromatic rings. The van der Waals surface area contributed by atoms with Crippen LogP contribution in [-0.2, 0) is 16.6 Å².